The van der Waals surface area contributed by atoms with Crippen LogP contribution in [0.1, 0.15) is 9.67 Å². The summed E-state index contributed by atoms with van der Waals surface area (Å²) in [7, 11) is 0. The number of hydrogen-bond donors (Lipinski definition) is 1. The fourth-order valence-electron chi connectivity index (χ4n) is 2.37. The summed E-state index contributed by atoms with van der Waals surface area (Å²) >= 11 is 1.36. The van der Waals surface area contributed by atoms with Gasteiger partial charge in [0.15, 0.2) is 0 Å². The predicted molar refractivity (Wildman–Crippen MR) is 90.1 cm³/mol. The van der Waals surface area contributed by atoms with Gasteiger partial charge in [-0.1, -0.05) is 6.07 Å². The highest BCUT2D eigenvalue weighted by Gasteiger charge is 2.11. The fraction of sp³-hybridized carbons (Fsp3) is 0. The molecule has 1 amide bonds. The van der Waals surface area contributed by atoms with Crippen molar-refractivity contribution in [2.24, 2.45) is 0 Å². The van der Waals surface area contributed by atoms with E-state index in [1.807, 2.05) is 11.4 Å². The SMILES string of the molecule is O=C(Nc1ccc2oc3ncccc3c(=O)c2c1)c1cccs1. The van der Waals surface area contributed by atoms with Crippen molar-refractivity contribution in [2.75, 3.05) is 5.32 Å². The number of nitrogens with one attached hydrogen (secondary N) is 1. The molecule has 0 spiro atoms. The second-order valence-electron chi connectivity index (χ2n) is 4.93. The maximum absolute atomic E-state index is 12.5. The maximum Gasteiger partial charge on any atom is 0.265 e. The van der Waals surface area contributed by atoms with Crippen LogP contribution in [0.15, 0.2) is 63.3 Å². The van der Waals surface area contributed by atoms with Crippen LogP contribution in [-0.4, -0.2) is 10.9 Å². The minimum absolute atomic E-state index is 0.165. The Morgan fingerprint density at radius 3 is 2.87 bits per heavy atom. The van der Waals surface area contributed by atoms with E-state index in [1.165, 1.54) is 11.3 Å². The van der Waals surface area contributed by atoms with Crippen molar-refractivity contribution in [2.45, 2.75) is 0 Å². The van der Waals surface area contributed by atoms with Crippen molar-refractivity contribution in [3.05, 3.63) is 69.1 Å². The molecule has 0 atom stereocenters. The Bertz CT molecular complexity index is 1080. The molecule has 0 radical (unpaired) electrons. The average molecular weight is 322 g/mol. The molecule has 23 heavy (non-hydrogen) atoms. The van der Waals surface area contributed by atoms with Gasteiger partial charge in [0.25, 0.3) is 5.91 Å². The summed E-state index contributed by atoms with van der Waals surface area (Å²) in [6.45, 7) is 0. The second-order valence-corrected chi connectivity index (χ2v) is 5.88. The predicted octanol–water partition coefficient (Wildman–Crippen LogP) is 3.66. The standard InChI is InChI=1S/C17H10N2O3S/c20-15-11-3-1-7-18-17(11)22-13-6-5-10(9-12(13)15)19-16(21)14-4-2-8-23-14/h1-9H,(H,19,21). The molecular weight excluding hydrogens is 312 g/mol. The lowest BCUT2D eigenvalue weighted by Crippen LogP contribution is -2.11. The van der Waals surface area contributed by atoms with Crippen LogP contribution < -0.4 is 10.7 Å². The molecular formula is C17H10N2O3S. The minimum atomic E-state index is -0.203. The van der Waals surface area contributed by atoms with Crippen LogP contribution in [-0.2, 0) is 0 Å². The van der Waals surface area contributed by atoms with Crippen LogP contribution in [0.25, 0.3) is 22.1 Å². The number of pyridine rings is 1. The lowest BCUT2D eigenvalue weighted by Gasteiger charge is -2.05. The Hall–Kier alpha value is -2.99. The van der Waals surface area contributed by atoms with Gasteiger partial charge in [0, 0.05) is 11.9 Å². The summed E-state index contributed by atoms with van der Waals surface area (Å²) in [5.41, 5.74) is 1.13. The van der Waals surface area contributed by atoms with Crippen LogP contribution in [0.5, 0.6) is 0 Å². The van der Waals surface area contributed by atoms with Crippen molar-refractivity contribution in [1.82, 2.24) is 4.98 Å². The van der Waals surface area contributed by atoms with Crippen molar-refractivity contribution in [3.8, 4) is 0 Å². The minimum Gasteiger partial charge on any atom is -0.437 e. The number of carbonyl (C=O) groups excluding carboxylic acids is 1. The molecule has 4 aromatic rings. The molecule has 3 aromatic heterocycles. The molecule has 0 saturated heterocycles. The Labute approximate surface area is 134 Å². The van der Waals surface area contributed by atoms with Gasteiger partial charge in [0.2, 0.25) is 11.1 Å². The van der Waals surface area contributed by atoms with E-state index in [2.05, 4.69) is 10.3 Å². The van der Waals surface area contributed by atoms with Gasteiger partial charge in [-0.15, -0.1) is 11.3 Å². The topological polar surface area (TPSA) is 72.2 Å². The normalized spacial score (nSPS) is 11.0. The number of thiophene rings is 1. The molecule has 1 N–H and O–H groups in total. The van der Waals surface area contributed by atoms with E-state index in [4.69, 9.17) is 4.42 Å². The van der Waals surface area contributed by atoms with Crippen LogP contribution in [0.2, 0.25) is 0 Å². The largest absolute Gasteiger partial charge is 0.437 e. The summed E-state index contributed by atoms with van der Waals surface area (Å²) in [5, 5.41) is 5.45. The van der Waals surface area contributed by atoms with Gasteiger partial charge < -0.3 is 9.73 Å². The van der Waals surface area contributed by atoms with Gasteiger partial charge >= 0.3 is 0 Å². The van der Waals surface area contributed by atoms with Gasteiger partial charge in [0.1, 0.15) is 5.58 Å². The molecule has 5 nitrogen and oxygen atoms in total. The Balaban J connectivity index is 1.81. The zero-order chi connectivity index (χ0) is 15.8. The van der Waals surface area contributed by atoms with Gasteiger partial charge in [0.05, 0.1) is 15.6 Å². The fourth-order valence-corrected chi connectivity index (χ4v) is 2.99. The molecule has 0 aliphatic carbocycles. The zero-order valence-electron chi connectivity index (χ0n) is 11.8. The molecule has 1 aromatic carbocycles. The number of aromatic nitrogens is 1. The molecule has 0 aliphatic heterocycles. The van der Waals surface area contributed by atoms with Gasteiger partial charge in [-0.2, -0.15) is 0 Å². The maximum atomic E-state index is 12.5. The summed E-state index contributed by atoms with van der Waals surface area (Å²) in [4.78, 5) is 29.3. The number of carbonyl (C=O) groups is 1. The van der Waals surface area contributed by atoms with E-state index < -0.39 is 0 Å². The highest BCUT2D eigenvalue weighted by Crippen LogP contribution is 2.21. The Morgan fingerprint density at radius 2 is 2.04 bits per heavy atom. The van der Waals surface area contributed by atoms with Crippen molar-refractivity contribution < 1.29 is 9.21 Å². The van der Waals surface area contributed by atoms with Crippen molar-refractivity contribution in [1.29, 1.82) is 0 Å². The third kappa shape index (κ3) is 2.39. The van der Waals surface area contributed by atoms with Crippen molar-refractivity contribution in [3.63, 3.8) is 0 Å². The van der Waals surface area contributed by atoms with E-state index in [-0.39, 0.29) is 11.3 Å². The first-order valence-corrected chi connectivity index (χ1v) is 7.77. The Kier molecular flexibility index (Phi) is 3.17. The van der Waals surface area contributed by atoms with Crippen LogP contribution >= 0.6 is 11.3 Å². The first kappa shape index (κ1) is 13.7. The quantitative estimate of drug-likeness (QED) is 0.572. The van der Waals surface area contributed by atoms with Crippen LogP contribution in [0.3, 0.4) is 0 Å². The number of benzene rings is 1. The van der Waals surface area contributed by atoms with Gasteiger partial charge in [-0.3, -0.25) is 9.59 Å². The van der Waals surface area contributed by atoms with Crippen LogP contribution in [0, 0.1) is 0 Å². The third-order valence-corrected chi connectivity index (χ3v) is 4.32. The molecule has 0 unspecified atom stereocenters. The molecule has 0 saturated carbocycles. The second kappa shape index (κ2) is 5.33. The zero-order valence-corrected chi connectivity index (χ0v) is 12.6. The number of fused-ring (bicyclic) bond motifs is 2. The first-order chi connectivity index (χ1) is 11.2. The molecule has 112 valence electrons. The van der Waals surface area contributed by atoms with Crippen molar-refractivity contribution >= 4 is 45.0 Å². The summed E-state index contributed by atoms with van der Waals surface area (Å²) < 4.78 is 5.64. The number of anilines is 1. The molecule has 3 heterocycles. The molecule has 0 bridgehead atoms. The smallest absolute Gasteiger partial charge is 0.265 e. The van der Waals surface area contributed by atoms with E-state index in [0.717, 1.165) is 0 Å². The molecule has 4 rings (SSSR count). The first-order valence-electron chi connectivity index (χ1n) is 6.89. The lowest BCUT2D eigenvalue weighted by atomic mass is 10.1. The van der Waals surface area contributed by atoms with Crippen LogP contribution in [0.4, 0.5) is 5.69 Å². The highest BCUT2D eigenvalue weighted by atomic mass is 32.1. The summed E-state index contributed by atoms with van der Waals surface area (Å²) in [5.74, 6) is -0.203. The highest BCUT2D eigenvalue weighted by molar-refractivity contribution is 7.12. The lowest BCUT2D eigenvalue weighted by molar-refractivity contribution is 0.103. The van der Waals surface area contributed by atoms with Gasteiger partial charge in [-0.05, 0) is 41.8 Å². The summed E-state index contributed by atoms with van der Waals surface area (Å²) in [6, 6.07) is 11.9. The monoisotopic (exact) mass is 322 g/mol. The molecule has 0 aliphatic rings. The Morgan fingerprint density at radius 1 is 1.13 bits per heavy atom. The average Bonchev–Trinajstić information content (AvgIpc) is 3.10. The summed E-state index contributed by atoms with van der Waals surface area (Å²) in [6.07, 6.45) is 1.58. The van der Waals surface area contributed by atoms with E-state index in [0.29, 0.717) is 32.6 Å². The molecule has 6 heteroatoms. The van der Waals surface area contributed by atoms with Gasteiger partial charge in [-0.25, -0.2) is 4.98 Å². The number of amides is 1. The number of rotatable bonds is 2. The van der Waals surface area contributed by atoms with E-state index in [9.17, 15) is 9.59 Å². The van der Waals surface area contributed by atoms with E-state index in [1.54, 1.807) is 42.6 Å². The number of nitrogens with zero attached hydrogens (tertiary/aromatic N) is 1. The molecule has 0 fully saturated rings. The number of hydrogen-bond acceptors (Lipinski definition) is 5. The third-order valence-electron chi connectivity index (χ3n) is 3.45. The van der Waals surface area contributed by atoms with E-state index >= 15 is 0 Å².